The van der Waals surface area contributed by atoms with E-state index in [-0.39, 0.29) is 35.6 Å². The summed E-state index contributed by atoms with van der Waals surface area (Å²) in [7, 11) is -13.4. The fraction of sp³-hybridized carbons (Fsp3) is 0.353. The maximum absolute atomic E-state index is 13.1. The van der Waals surface area contributed by atoms with Crippen LogP contribution < -0.4 is 26.0 Å². The van der Waals surface area contributed by atoms with Crippen molar-refractivity contribution in [3.05, 3.63) is 218 Å². The summed E-state index contributed by atoms with van der Waals surface area (Å²) in [4.78, 5) is 26.2. The van der Waals surface area contributed by atoms with Gasteiger partial charge in [-0.25, -0.2) is 57.0 Å². The molecule has 0 aliphatic heterocycles. The Labute approximate surface area is 660 Å². The number of aldehydes is 1. The zero-order chi connectivity index (χ0) is 77.8. The normalized spacial score (nSPS) is 11.5. The number of rotatable bonds is 28. The lowest BCUT2D eigenvalue weighted by Gasteiger charge is -2.23. The molecular weight excluding hydrogens is 1730 g/mol. The van der Waals surface area contributed by atoms with Gasteiger partial charge in [-0.2, -0.15) is 8.61 Å². The van der Waals surface area contributed by atoms with Gasteiger partial charge in [-0.05, 0) is 155 Å². The lowest BCUT2D eigenvalue weighted by molar-refractivity contribution is 0.112. The number of aromatic nitrogens is 3. The van der Waals surface area contributed by atoms with Gasteiger partial charge in [0.15, 0.2) is 14.1 Å². The van der Waals surface area contributed by atoms with E-state index in [0.29, 0.717) is 52.8 Å². The fourth-order valence-corrected chi connectivity index (χ4v) is 18.6. The molecule has 9 aromatic rings. The Morgan fingerprint density at radius 3 is 1.27 bits per heavy atom. The van der Waals surface area contributed by atoms with E-state index in [1.807, 2.05) is 94.4 Å². The Morgan fingerprint density at radius 1 is 0.519 bits per heavy atom. The van der Waals surface area contributed by atoms with E-state index in [1.165, 1.54) is 77.4 Å². The van der Waals surface area contributed by atoms with Crippen molar-refractivity contribution in [1.82, 2.24) is 28.9 Å². The first kappa shape index (κ1) is 93.5. The average Bonchev–Trinajstić information content (AvgIpc) is 0.945. The average molecular weight is 1820 g/mol. The van der Waals surface area contributed by atoms with Crippen LogP contribution in [0.15, 0.2) is 182 Å². The molecule has 0 aliphatic rings. The summed E-state index contributed by atoms with van der Waals surface area (Å²) in [6, 6.07) is 44.2. The monoisotopic (exact) mass is 1810 g/mol. The van der Waals surface area contributed by atoms with Gasteiger partial charge >= 0.3 is 7.12 Å². The Hall–Kier alpha value is -4.74. The molecule has 4 aromatic heterocycles. The van der Waals surface area contributed by atoms with Gasteiger partial charge in [0, 0.05) is 93.6 Å². The number of benzene rings is 5. The number of sulfonamides is 4. The number of thiophene rings is 1. The molecule has 5 aromatic carbocycles. The van der Waals surface area contributed by atoms with Gasteiger partial charge in [0.2, 0.25) is 49.1 Å². The summed E-state index contributed by atoms with van der Waals surface area (Å²) in [6.07, 6.45) is 7.88. The van der Waals surface area contributed by atoms with Gasteiger partial charge in [-0.1, -0.05) is 159 Å². The van der Waals surface area contributed by atoms with E-state index in [2.05, 4.69) is 117 Å². The van der Waals surface area contributed by atoms with Crippen LogP contribution in [-0.4, -0.2) is 128 Å². The molecule has 0 fully saturated rings. The summed E-state index contributed by atoms with van der Waals surface area (Å²) >= 11 is 15.9. The highest BCUT2D eigenvalue weighted by molar-refractivity contribution is 9.11. The first-order valence-corrected chi connectivity index (χ1v) is 47.0. The highest BCUT2D eigenvalue weighted by Crippen LogP contribution is 2.30. The third kappa shape index (κ3) is 42.1. The van der Waals surface area contributed by atoms with Crippen LogP contribution >= 0.6 is 104 Å². The van der Waals surface area contributed by atoms with Crippen molar-refractivity contribution in [2.24, 2.45) is 29.4 Å². The third-order valence-electron chi connectivity index (χ3n) is 12.7. The van der Waals surface area contributed by atoms with E-state index in [9.17, 15) is 46.9 Å². The zero-order valence-corrected chi connectivity index (χ0v) is 71.9. The number of carbonyl (C=O) groups excluding carboxylic acids is 1. The van der Waals surface area contributed by atoms with Crippen LogP contribution in [-0.2, 0) is 86.0 Å². The first-order chi connectivity index (χ1) is 48.6. The van der Waals surface area contributed by atoms with Crippen LogP contribution in [0.3, 0.4) is 0 Å². The number of thiazole rings is 3. The summed E-state index contributed by atoms with van der Waals surface area (Å²) < 4.78 is 128. The molecule has 7 N–H and O–H groups in total. The van der Waals surface area contributed by atoms with Crippen molar-refractivity contribution >= 4 is 183 Å². The molecule has 0 saturated heterocycles. The SMILES string of the molecule is CC(C)CN.CC(C)CN(Cc1cnc(-c2ccc(NS(C)(=O)=O)cc2)s1)S(=O)(=O)Cc1ccccc1.CC(C)CN(Cc1cnc(Br)s1)S(=O)(=O)Cc1ccccc1.CC(C)CNCc1ccc(Br)s1.CS(=O)(=O)Nc1ccc(B(O)O)cc1.O=Cc1cnc(Br)s1.O=S(=O)(Cl)Cc1ccccc1. The van der Waals surface area contributed by atoms with Crippen molar-refractivity contribution in [2.45, 2.75) is 92.3 Å². The molecule has 9 rings (SSSR count). The van der Waals surface area contributed by atoms with Crippen molar-refractivity contribution in [2.75, 3.05) is 48.1 Å². The predicted molar refractivity (Wildman–Crippen MR) is 442 cm³/mol. The predicted octanol–water partition coefficient (Wildman–Crippen LogP) is 14.1. The van der Waals surface area contributed by atoms with Crippen molar-refractivity contribution in [1.29, 1.82) is 0 Å². The lowest BCUT2D eigenvalue weighted by Crippen LogP contribution is -2.34. The number of nitrogens with two attached hydrogens (primary N) is 1. The Balaban J connectivity index is 0.000000339. The van der Waals surface area contributed by atoms with E-state index in [4.69, 9.17) is 26.5 Å². The van der Waals surface area contributed by atoms with Crippen LogP contribution in [0, 0.1) is 23.7 Å². The van der Waals surface area contributed by atoms with Crippen LogP contribution in [0.1, 0.15) is 96.4 Å². The molecule has 0 amide bonds. The minimum absolute atomic E-state index is 0.0283. The third-order valence-corrected chi connectivity index (χ3v) is 24.0. The maximum Gasteiger partial charge on any atom is 0.488 e. The molecular formula is C68H90BBr3ClN9O13S9. The Kier molecular flexibility index (Phi) is 42.5. The molecule has 0 aliphatic carbocycles. The number of carbonyl (C=O) groups is 1. The maximum atomic E-state index is 13.1. The molecule has 0 saturated carbocycles. The molecule has 570 valence electrons. The van der Waals surface area contributed by atoms with E-state index >= 15 is 0 Å². The highest BCUT2D eigenvalue weighted by Gasteiger charge is 2.26. The second-order valence-corrected chi connectivity index (χ2v) is 43.2. The summed E-state index contributed by atoms with van der Waals surface area (Å²) in [5.74, 6) is 1.73. The van der Waals surface area contributed by atoms with Crippen LogP contribution in [0.4, 0.5) is 11.4 Å². The number of hydrogen-bond donors (Lipinski definition) is 6. The topological polar surface area (TPSA) is 335 Å². The van der Waals surface area contributed by atoms with E-state index in [0.717, 1.165) is 83.6 Å². The van der Waals surface area contributed by atoms with Gasteiger partial charge in [0.25, 0.3) is 0 Å². The molecule has 104 heavy (non-hydrogen) atoms. The minimum atomic E-state index is -3.50. The van der Waals surface area contributed by atoms with Crippen LogP contribution in [0.25, 0.3) is 10.6 Å². The number of nitrogens with one attached hydrogen (secondary N) is 3. The molecule has 0 radical (unpaired) electrons. The second kappa shape index (κ2) is 47.3. The largest absolute Gasteiger partial charge is 0.488 e. The quantitative estimate of drug-likeness (QED) is 0.0151. The Morgan fingerprint density at radius 2 is 0.933 bits per heavy atom. The first-order valence-electron chi connectivity index (χ1n) is 31.9. The highest BCUT2D eigenvalue weighted by atomic mass is 79.9. The minimum Gasteiger partial charge on any atom is -0.423 e. The number of hydrogen-bond acceptors (Lipinski definition) is 22. The lowest BCUT2D eigenvalue weighted by atomic mass is 9.80. The van der Waals surface area contributed by atoms with Gasteiger partial charge in [-0.3, -0.25) is 14.2 Å². The molecule has 22 nitrogen and oxygen atoms in total. The van der Waals surface area contributed by atoms with E-state index in [1.54, 1.807) is 76.6 Å². The fourth-order valence-electron chi connectivity index (χ4n) is 8.19. The molecule has 0 bridgehead atoms. The zero-order valence-electron chi connectivity index (χ0n) is 59.1. The molecule has 36 heteroatoms. The van der Waals surface area contributed by atoms with Gasteiger partial charge in [0.1, 0.15) is 5.01 Å². The number of nitrogens with zero attached hydrogens (tertiary/aromatic N) is 5. The van der Waals surface area contributed by atoms with Crippen molar-refractivity contribution in [3.63, 3.8) is 0 Å². The van der Waals surface area contributed by atoms with Gasteiger partial charge in [0.05, 0.1) is 38.4 Å². The second-order valence-electron chi connectivity index (χ2n) is 24.6. The standard InChI is InChI=1S/C22H27N3O4S3.C15H19BrN2O2S2.C9H14BrNS.C7H10BNO4S.C7H7ClO2S.C4H2BrNOS.C4H11N/c1-17(2)14-25(32(28,29)16-18-7-5-4-6-8-18)15-21-13-23-22(30-21)19-9-11-20(12-10-19)24-31(3,26)27;1-12(2)9-18(10-14-8-17-15(16)21-14)22(19,20)11-13-6-4-3-5-7-13;1-7(2)5-11-6-8-3-4-9(10)12-8;1-14(12,13)9-7-4-2-6(3-5-7)8(10)11;8-11(9,10)6-7-4-2-1-3-5-7;5-4-6-1-3(2-7)8-4;1-4(2)3-5/h4-13,17,24H,14-16H2,1-3H3;3-8,12H,9-11H2,1-2H3;3-4,7,11H,5-6H2,1-2H3;2-5,9-11H,1H3;1-5H,6H2;1-2H;4H,3,5H2,1-2H3. The number of halogens is 4. The number of anilines is 2. The summed E-state index contributed by atoms with van der Waals surface area (Å²) in [5.41, 5.74) is 9.45. The van der Waals surface area contributed by atoms with Gasteiger partial charge in [-0.15, -0.1) is 45.3 Å². The van der Waals surface area contributed by atoms with Crippen molar-refractivity contribution < 1.29 is 56.9 Å². The molecule has 0 spiro atoms. The Bertz CT molecular complexity index is 4530. The molecule has 0 atom stereocenters. The smallest absolute Gasteiger partial charge is 0.423 e. The van der Waals surface area contributed by atoms with Crippen LogP contribution in [0.5, 0.6) is 0 Å². The van der Waals surface area contributed by atoms with Crippen molar-refractivity contribution in [3.8, 4) is 10.6 Å². The molecule has 4 heterocycles. The molecule has 0 unspecified atom stereocenters. The van der Waals surface area contributed by atoms with Gasteiger partial charge < -0.3 is 21.1 Å². The summed E-state index contributed by atoms with van der Waals surface area (Å²) in [6.45, 7) is 21.1. The van der Waals surface area contributed by atoms with Crippen LogP contribution in [0.2, 0.25) is 0 Å². The summed E-state index contributed by atoms with van der Waals surface area (Å²) in [5, 5.41) is 21.7. The van der Waals surface area contributed by atoms with E-state index < -0.39 is 56.3 Å².